The Balaban J connectivity index is 0.00000361. The van der Waals surface area contributed by atoms with Gasteiger partial charge in [0.25, 0.3) is 0 Å². The molecule has 0 radical (unpaired) electrons. The number of amides is 1. The second-order valence-corrected chi connectivity index (χ2v) is 5.56. The summed E-state index contributed by atoms with van der Waals surface area (Å²) in [4.78, 5) is 15.6. The molecule has 0 saturated carbocycles. The first-order chi connectivity index (χ1) is 8.91. The average Bonchev–Trinajstić information content (AvgIpc) is 2.37. The molecule has 0 aromatic rings. The van der Waals surface area contributed by atoms with E-state index < -0.39 is 12.1 Å². The molecule has 1 fully saturated rings. The molecule has 1 unspecified atom stereocenters. The highest BCUT2D eigenvalue weighted by Crippen LogP contribution is 2.04. The number of ether oxygens (including phenoxy) is 1. The van der Waals surface area contributed by atoms with Crippen LogP contribution in [0.15, 0.2) is 0 Å². The van der Waals surface area contributed by atoms with Gasteiger partial charge in [0.05, 0.1) is 25.4 Å². The molecule has 7 heteroatoms. The highest BCUT2D eigenvalue weighted by molar-refractivity contribution is 5.85. The number of carbonyl (C=O) groups is 1. The van der Waals surface area contributed by atoms with Gasteiger partial charge in [0.15, 0.2) is 0 Å². The van der Waals surface area contributed by atoms with Gasteiger partial charge in [-0.25, -0.2) is 0 Å². The van der Waals surface area contributed by atoms with Gasteiger partial charge in [0.1, 0.15) is 0 Å². The largest absolute Gasteiger partial charge is 0.390 e. The summed E-state index contributed by atoms with van der Waals surface area (Å²) in [7, 11) is 1.69. The van der Waals surface area contributed by atoms with Gasteiger partial charge in [0, 0.05) is 33.2 Å². The van der Waals surface area contributed by atoms with E-state index in [4.69, 9.17) is 10.5 Å². The number of hydrogen-bond acceptors (Lipinski definition) is 5. The van der Waals surface area contributed by atoms with Gasteiger partial charge >= 0.3 is 0 Å². The van der Waals surface area contributed by atoms with Crippen molar-refractivity contribution in [3.63, 3.8) is 0 Å². The highest BCUT2D eigenvalue weighted by atomic mass is 35.5. The fraction of sp³-hybridized carbons (Fsp3) is 0.923. The molecule has 3 N–H and O–H groups in total. The Labute approximate surface area is 127 Å². The summed E-state index contributed by atoms with van der Waals surface area (Å²) in [5.74, 6) is -0.0117. The van der Waals surface area contributed by atoms with Gasteiger partial charge in [-0.3, -0.25) is 9.69 Å². The molecule has 0 spiro atoms. The van der Waals surface area contributed by atoms with Gasteiger partial charge in [-0.05, 0) is 5.92 Å². The second-order valence-electron chi connectivity index (χ2n) is 5.56. The van der Waals surface area contributed by atoms with Crippen LogP contribution >= 0.6 is 12.4 Å². The first-order valence-electron chi connectivity index (χ1n) is 6.90. The molecule has 1 aliphatic heterocycles. The molecule has 20 heavy (non-hydrogen) atoms. The Morgan fingerprint density at radius 2 is 1.95 bits per heavy atom. The summed E-state index contributed by atoms with van der Waals surface area (Å²) in [6, 6.07) is -0.499. The van der Waals surface area contributed by atoms with Crippen LogP contribution in [0.1, 0.15) is 13.8 Å². The average molecular weight is 310 g/mol. The number of likely N-dealkylation sites (N-methyl/N-ethyl adjacent to an activating group) is 1. The first kappa shape index (κ1) is 19.6. The summed E-state index contributed by atoms with van der Waals surface area (Å²) in [6.45, 7) is 7.80. The Morgan fingerprint density at radius 3 is 2.45 bits per heavy atom. The lowest BCUT2D eigenvalue weighted by molar-refractivity contribution is -0.133. The van der Waals surface area contributed by atoms with Crippen LogP contribution in [0.25, 0.3) is 0 Å². The van der Waals surface area contributed by atoms with Crippen molar-refractivity contribution in [3.05, 3.63) is 0 Å². The van der Waals surface area contributed by atoms with Crippen molar-refractivity contribution in [2.24, 2.45) is 11.7 Å². The van der Waals surface area contributed by atoms with Crippen molar-refractivity contribution in [2.45, 2.75) is 26.0 Å². The third kappa shape index (κ3) is 6.37. The zero-order chi connectivity index (χ0) is 14.4. The van der Waals surface area contributed by atoms with Crippen LogP contribution in [0.3, 0.4) is 0 Å². The zero-order valence-electron chi connectivity index (χ0n) is 12.6. The fourth-order valence-electron chi connectivity index (χ4n) is 2.09. The summed E-state index contributed by atoms with van der Waals surface area (Å²) in [5.41, 5.74) is 5.82. The van der Waals surface area contributed by atoms with Crippen molar-refractivity contribution in [1.29, 1.82) is 0 Å². The molecule has 0 bridgehead atoms. The van der Waals surface area contributed by atoms with Gasteiger partial charge in [-0.1, -0.05) is 13.8 Å². The van der Waals surface area contributed by atoms with Gasteiger partial charge in [-0.15, -0.1) is 12.4 Å². The number of hydrogen-bond donors (Lipinski definition) is 2. The minimum absolute atomic E-state index is 0. The molecule has 120 valence electrons. The van der Waals surface area contributed by atoms with Crippen LogP contribution in [0.2, 0.25) is 0 Å². The molecule has 0 aromatic carbocycles. The third-order valence-electron chi connectivity index (χ3n) is 3.44. The third-order valence-corrected chi connectivity index (χ3v) is 3.44. The number of nitrogens with zero attached hydrogens (tertiary/aromatic N) is 2. The van der Waals surface area contributed by atoms with Crippen LogP contribution in [0, 0.1) is 5.92 Å². The fourth-order valence-corrected chi connectivity index (χ4v) is 2.09. The number of aliphatic hydroxyl groups is 1. The standard InChI is InChI=1S/C13H27N3O3.ClH/c1-10(2)12(14)13(18)15(3)8-11(17)9-16-4-6-19-7-5-16;/h10-12,17H,4-9,14H2,1-3H3;1H/t11?,12-;/m0./s1. The van der Waals surface area contributed by atoms with Crippen LogP contribution in [0.5, 0.6) is 0 Å². The van der Waals surface area contributed by atoms with E-state index in [0.717, 1.165) is 13.1 Å². The molecule has 1 saturated heterocycles. The predicted octanol–water partition coefficient (Wildman–Crippen LogP) is -0.457. The minimum Gasteiger partial charge on any atom is -0.390 e. The number of nitrogens with two attached hydrogens (primary N) is 1. The van der Waals surface area contributed by atoms with Crippen LogP contribution in [-0.4, -0.2) is 79.4 Å². The molecular weight excluding hydrogens is 282 g/mol. The molecular formula is C13H28ClN3O3. The number of halogens is 1. The summed E-state index contributed by atoms with van der Waals surface area (Å²) in [5, 5.41) is 10.0. The SMILES string of the molecule is CC(C)[C@H](N)C(=O)N(C)CC(O)CN1CCOCC1.Cl. The molecule has 6 nitrogen and oxygen atoms in total. The molecule has 2 atom stereocenters. The zero-order valence-corrected chi connectivity index (χ0v) is 13.4. The van der Waals surface area contributed by atoms with E-state index in [2.05, 4.69) is 4.90 Å². The second kappa shape index (κ2) is 9.52. The van der Waals surface area contributed by atoms with E-state index >= 15 is 0 Å². The lowest BCUT2D eigenvalue weighted by Gasteiger charge is -2.31. The van der Waals surface area contributed by atoms with E-state index in [-0.39, 0.29) is 24.2 Å². The Kier molecular flexibility index (Phi) is 9.33. The maximum absolute atomic E-state index is 12.0. The lowest BCUT2D eigenvalue weighted by Crippen LogP contribution is -2.49. The Morgan fingerprint density at radius 1 is 1.40 bits per heavy atom. The summed E-state index contributed by atoms with van der Waals surface area (Å²) >= 11 is 0. The summed E-state index contributed by atoms with van der Waals surface area (Å²) < 4.78 is 5.25. The molecule has 1 rings (SSSR count). The van der Waals surface area contributed by atoms with E-state index in [0.29, 0.717) is 26.3 Å². The predicted molar refractivity (Wildman–Crippen MR) is 81.0 cm³/mol. The first-order valence-corrected chi connectivity index (χ1v) is 6.90. The van der Waals surface area contributed by atoms with Crippen LogP contribution < -0.4 is 5.73 Å². The molecule has 1 heterocycles. The van der Waals surface area contributed by atoms with Crippen molar-refractivity contribution in [1.82, 2.24) is 9.80 Å². The van der Waals surface area contributed by atoms with Gasteiger partial charge in [0.2, 0.25) is 5.91 Å². The molecule has 1 aliphatic rings. The summed E-state index contributed by atoms with van der Waals surface area (Å²) in [6.07, 6.45) is -0.550. The molecule has 1 amide bonds. The van der Waals surface area contributed by atoms with E-state index in [1.54, 1.807) is 7.05 Å². The topological polar surface area (TPSA) is 79.0 Å². The number of carbonyl (C=O) groups excluding carboxylic acids is 1. The maximum Gasteiger partial charge on any atom is 0.239 e. The van der Waals surface area contributed by atoms with Gasteiger partial charge in [-0.2, -0.15) is 0 Å². The number of β-amino-alcohol motifs (C(OH)–C–C–N with tert-alkyl or cyclic N) is 1. The van der Waals surface area contributed by atoms with Crippen molar-refractivity contribution in [3.8, 4) is 0 Å². The smallest absolute Gasteiger partial charge is 0.239 e. The van der Waals surface area contributed by atoms with E-state index in [9.17, 15) is 9.90 Å². The molecule has 0 aromatic heterocycles. The van der Waals surface area contributed by atoms with Crippen LogP contribution in [0.4, 0.5) is 0 Å². The normalized spacial score (nSPS) is 19.3. The van der Waals surface area contributed by atoms with Crippen molar-refractivity contribution >= 4 is 18.3 Å². The van der Waals surface area contributed by atoms with E-state index in [1.807, 2.05) is 13.8 Å². The Hall–Kier alpha value is -0.400. The minimum atomic E-state index is -0.550. The quantitative estimate of drug-likeness (QED) is 0.694. The monoisotopic (exact) mass is 309 g/mol. The molecule has 0 aliphatic carbocycles. The van der Waals surface area contributed by atoms with E-state index in [1.165, 1.54) is 4.90 Å². The lowest BCUT2D eigenvalue weighted by atomic mass is 10.0. The number of rotatable bonds is 6. The number of morpholine rings is 1. The van der Waals surface area contributed by atoms with Crippen LogP contribution in [-0.2, 0) is 9.53 Å². The maximum atomic E-state index is 12.0. The Bertz CT molecular complexity index is 286. The van der Waals surface area contributed by atoms with Gasteiger partial charge < -0.3 is 20.5 Å². The highest BCUT2D eigenvalue weighted by Gasteiger charge is 2.23. The van der Waals surface area contributed by atoms with Crippen molar-refractivity contribution in [2.75, 3.05) is 46.4 Å². The van der Waals surface area contributed by atoms with Crippen molar-refractivity contribution < 1.29 is 14.6 Å². The number of aliphatic hydroxyl groups excluding tert-OH is 1.